The molecule has 4 rings (SSSR count). The minimum atomic E-state index is -1.000. The number of Topliss-reactive ketones (excluding diaryl/α,β-unsaturated/α-hetero) is 2. The minimum absolute atomic E-state index is 0.00555. The zero-order chi connectivity index (χ0) is 28.1. The molecule has 0 unspecified atom stereocenters. The lowest BCUT2D eigenvalue weighted by molar-refractivity contribution is -0.137. The average molecular weight is 569 g/mol. The van der Waals surface area contributed by atoms with Crippen LogP contribution in [0.1, 0.15) is 62.6 Å². The van der Waals surface area contributed by atoms with E-state index < -0.39 is 11.9 Å². The fourth-order valence-corrected chi connectivity index (χ4v) is 6.38. The van der Waals surface area contributed by atoms with Crippen LogP contribution in [0.2, 0.25) is 0 Å². The third kappa shape index (κ3) is 7.01. The second kappa shape index (κ2) is 12.4. The molecule has 4 aromatic rings. The fraction of sp³-hybridized carbons (Fsp3) is 0.310. The molecular formula is C29H28O8S2. The lowest BCUT2D eigenvalue weighted by Gasteiger charge is -2.12. The van der Waals surface area contributed by atoms with E-state index in [1.807, 2.05) is 25.1 Å². The van der Waals surface area contributed by atoms with Crippen molar-refractivity contribution in [1.82, 2.24) is 0 Å². The van der Waals surface area contributed by atoms with Crippen molar-refractivity contribution in [1.29, 1.82) is 0 Å². The van der Waals surface area contributed by atoms with Gasteiger partial charge in [-0.25, -0.2) is 0 Å². The van der Waals surface area contributed by atoms with Crippen molar-refractivity contribution < 1.29 is 38.9 Å². The van der Waals surface area contributed by atoms with Crippen molar-refractivity contribution >= 4 is 66.4 Å². The number of ketones is 2. The SMILES string of the molecule is COc1cc2cc(C(=O)CCC(=O)O)sc2cc1OCCCc1cc2cc(C(=O)CCC(=O)O)sc2cc1C. The molecule has 0 spiro atoms. The van der Waals surface area contributed by atoms with Crippen LogP contribution in [0.4, 0.5) is 0 Å². The topological polar surface area (TPSA) is 127 Å². The Labute approximate surface area is 232 Å². The van der Waals surface area contributed by atoms with Crippen molar-refractivity contribution in [2.24, 2.45) is 0 Å². The number of benzene rings is 2. The van der Waals surface area contributed by atoms with Gasteiger partial charge < -0.3 is 19.7 Å². The van der Waals surface area contributed by atoms with Crippen LogP contribution in [-0.4, -0.2) is 47.4 Å². The first-order chi connectivity index (χ1) is 18.6. The molecule has 0 atom stereocenters. The summed E-state index contributed by atoms with van der Waals surface area (Å²) in [6.07, 6.45) is 1.09. The Balaban J connectivity index is 1.40. The first kappa shape index (κ1) is 28.3. The molecule has 0 aliphatic rings. The van der Waals surface area contributed by atoms with Gasteiger partial charge in [-0.1, -0.05) is 6.07 Å². The number of hydrogen-bond donors (Lipinski definition) is 2. The number of thiophene rings is 2. The molecule has 0 aliphatic carbocycles. The van der Waals surface area contributed by atoms with E-state index in [9.17, 15) is 19.2 Å². The van der Waals surface area contributed by atoms with Gasteiger partial charge in [0.15, 0.2) is 23.1 Å². The number of ether oxygens (including phenoxy) is 2. The maximum Gasteiger partial charge on any atom is 0.303 e. The van der Waals surface area contributed by atoms with Gasteiger partial charge in [0.05, 0.1) is 36.3 Å². The summed E-state index contributed by atoms with van der Waals surface area (Å²) in [5, 5.41) is 19.5. The smallest absolute Gasteiger partial charge is 0.303 e. The zero-order valence-corrected chi connectivity index (χ0v) is 23.2. The highest BCUT2D eigenvalue weighted by molar-refractivity contribution is 7.21. The van der Waals surface area contributed by atoms with E-state index in [4.69, 9.17) is 19.7 Å². The molecule has 8 nitrogen and oxygen atoms in total. The minimum Gasteiger partial charge on any atom is -0.493 e. The second-order valence-corrected chi connectivity index (χ2v) is 11.3. The van der Waals surface area contributed by atoms with Crippen molar-refractivity contribution in [2.45, 2.75) is 45.4 Å². The van der Waals surface area contributed by atoms with E-state index in [0.717, 1.165) is 44.1 Å². The number of aryl methyl sites for hydroxylation is 2. The van der Waals surface area contributed by atoms with Gasteiger partial charge >= 0.3 is 11.9 Å². The number of rotatable bonds is 14. The highest BCUT2D eigenvalue weighted by Crippen LogP contribution is 2.37. The summed E-state index contributed by atoms with van der Waals surface area (Å²) in [4.78, 5) is 47.3. The van der Waals surface area contributed by atoms with Gasteiger partial charge in [-0.3, -0.25) is 19.2 Å². The summed E-state index contributed by atoms with van der Waals surface area (Å²) in [6, 6.07) is 11.4. The number of aliphatic carboxylic acids is 2. The molecule has 204 valence electrons. The van der Waals surface area contributed by atoms with Gasteiger partial charge in [0.2, 0.25) is 0 Å². The number of hydrogen-bond acceptors (Lipinski definition) is 8. The summed E-state index contributed by atoms with van der Waals surface area (Å²) in [7, 11) is 1.55. The molecule has 0 saturated heterocycles. The molecule has 0 aliphatic heterocycles. The highest BCUT2D eigenvalue weighted by atomic mass is 32.1. The predicted molar refractivity (Wildman–Crippen MR) is 151 cm³/mol. The van der Waals surface area contributed by atoms with Gasteiger partial charge in [0.1, 0.15) is 0 Å². The molecular weight excluding hydrogens is 540 g/mol. The molecule has 2 N–H and O–H groups in total. The summed E-state index contributed by atoms with van der Waals surface area (Å²) < 4.78 is 13.4. The molecule has 0 amide bonds. The first-order valence-corrected chi connectivity index (χ1v) is 14.1. The number of carbonyl (C=O) groups excluding carboxylic acids is 2. The summed E-state index contributed by atoms with van der Waals surface area (Å²) in [5.41, 5.74) is 2.27. The molecule has 2 heterocycles. The molecule has 2 aromatic carbocycles. The van der Waals surface area contributed by atoms with Gasteiger partial charge in [0.25, 0.3) is 0 Å². The van der Waals surface area contributed by atoms with Crippen molar-refractivity contribution in [3.05, 3.63) is 57.3 Å². The Morgan fingerprint density at radius 2 is 1.31 bits per heavy atom. The van der Waals surface area contributed by atoms with E-state index in [1.54, 1.807) is 13.2 Å². The van der Waals surface area contributed by atoms with Crippen LogP contribution in [0.15, 0.2) is 36.4 Å². The van der Waals surface area contributed by atoms with E-state index >= 15 is 0 Å². The maximum atomic E-state index is 12.3. The number of fused-ring (bicyclic) bond motifs is 2. The third-order valence-corrected chi connectivity index (χ3v) is 8.58. The molecule has 0 fully saturated rings. The normalized spacial score (nSPS) is 11.1. The molecule has 10 heteroatoms. The average Bonchev–Trinajstić information content (AvgIpc) is 3.51. The lowest BCUT2D eigenvalue weighted by Crippen LogP contribution is -2.02. The van der Waals surface area contributed by atoms with E-state index in [1.165, 1.54) is 22.7 Å². The first-order valence-electron chi connectivity index (χ1n) is 12.4. The number of methoxy groups -OCH3 is 1. The van der Waals surface area contributed by atoms with Crippen LogP contribution in [0.25, 0.3) is 20.2 Å². The Morgan fingerprint density at radius 3 is 1.87 bits per heavy atom. The Kier molecular flexibility index (Phi) is 8.98. The monoisotopic (exact) mass is 568 g/mol. The van der Waals surface area contributed by atoms with Crippen LogP contribution in [-0.2, 0) is 16.0 Å². The largest absolute Gasteiger partial charge is 0.493 e. The third-order valence-electron chi connectivity index (χ3n) is 6.31. The number of carbonyl (C=O) groups is 4. The Morgan fingerprint density at radius 1 is 0.744 bits per heavy atom. The summed E-state index contributed by atoms with van der Waals surface area (Å²) >= 11 is 2.70. The predicted octanol–water partition coefficient (Wildman–Crippen LogP) is 6.54. The zero-order valence-electron chi connectivity index (χ0n) is 21.6. The standard InChI is InChI=1S/C29H28O8S2/c1-16-10-24-18(13-26(38-24)20(30)5-7-28(32)33)11-17(16)4-3-9-37-23-15-25-19(12-22(23)36-2)14-27(39-25)21(31)6-8-29(34)35/h10-15H,3-9H2,1-2H3,(H,32,33)(H,34,35). The van der Waals surface area contributed by atoms with E-state index in [2.05, 4.69) is 12.1 Å². The second-order valence-electron chi connectivity index (χ2n) is 9.16. The van der Waals surface area contributed by atoms with Crippen LogP contribution >= 0.6 is 22.7 Å². The van der Waals surface area contributed by atoms with Crippen LogP contribution < -0.4 is 9.47 Å². The van der Waals surface area contributed by atoms with Crippen molar-refractivity contribution in [2.75, 3.05) is 13.7 Å². The maximum absolute atomic E-state index is 12.3. The highest BCUT2D eigenvalue weighted by Gasteiger charge is 2.16. The molecule has 0 bridgehead atoms. The van der Waals surface area contributed by atoms with Crippen LogP contribution in [0.5, 0.6) is 11.5 Å². The van der Waals surface area contributed by atoms with Crippen molar-refractivity contribution in [3.8, 4) is 11.5 Å². The summed E-state index contributed by atoms with van der Waals surface area (Å²) in [5.74, 6) is -1.20. The molecule has 0 saturated carbocycles. The van der Waals surface area contributed by atoms with E-state index in [-0.39, 0.29) is 37.2 Å². The van der Waals surface area contributed by atoms with Crippen LogP contribution in [0.3, 0.4) is 0 Å². The van der Waals surface area contributed by atoms with E-state index in [0.29, 0.717) is 27.9 Å². The quantitative estimate of drug-likeness (QED) is 0.130. The lowest BCUT2D eigenvalue weighted by atomic mass is 10.0. The van der Waals surface area contributed by atoms with Gasteiger partial charge in [-0.05, 0) is 65.9 Å². The molecule has 39 heavy (non-hydrogen) atoms. The summed E-state index contributed by atoms with van der Waals surface area (Å²) in [6.45, 7) is 2.47. The Bertz CT molecular complexity index is 1560. The van der Waals surface area contributed by atoms with Gasteiger partial charge in [-0.2, -0.15) is 0 Å². The van der Waals surface area contributed by atoms with Crippen LogP contribution in [0, 0.1) is 6.92 Å². The molecule has 2 aromatic heterocycles. The number of carboxylic acids is 2. The fourth-order valence-electron chi connectivity index (χ4n) is 4.23. The van der Waals surface area contributed by atoms with Crippen molar-refractivity contribution in [3.63, 3.8) is 0 Å². The number of carboxylic acid groups (broad SMARTS) is 2. The van der Waals surface area contributed by atoms with Gasteiger partial charge in [0, 0.05) is 28.3 Å². The Hall–Kier alpha value is -3.76. The molecule has 0 radical (unpaired) electrons. The van der Waals surface area contributed by atoms with Gasteiger partial charge in [-0.15, -0.1) is 22.7 Å².